The van der Waals surface area contributed by atoms with Gasteiger partial charge in [-0.1, -0.05) is 36.4 Å². The van der Waals surface area contributed by atoms with Crippen molar-refractivity contribution >= 4 is 33.6 Å². The minimum absolute atomic E-state index is 0.168. The first kappa shape index (κ1) is 16.9. The number of hydrogen-bond acceptors (Lipinski definition) is 4. The van der Waals surface area contributed by atoms with Crippen molar-refractivity contribution in [3.05, 3.63) is 70.9 Å². The Bertz CT molecular complexity index is 1200. The standard InChI is InChI=1S/C21H18N2O4/c1-11-10-17(13(3)26-11)20(24)22-23-21(25)18-12(2)15-9-8-14-6-4-5-7-16(14)19(15)27-18/h4-10H,1-3H3,(H,22,24)(H,23,25). The number of furan rings is 2. The summed E-state index contributed by atoms with van der Waals surface area (Å²) in [6.45, 7) is 5.27. The summed E-state index contributed by atoms with van der Waals surface area (Å²) in [5.41, 5.74) is 6.56. The topological polar surface area (TPSA) is 84.5 Å². The number of hydrazine groups is 1. The molecule has 4 aromatic rings. The van der Waals surface area contributed by atoms with Gasteiger partial charge < -0.3 is 8.83 Å². The summed E-state index contributed by atoms with van der Waals surface area (Å²) >= 11 is 0. The van der Waals surface area contributed by atoms with Gasteiger partial charge in [-0.15, -0.1) is 0 Å². The first-order valence-electron chi connectivity index (χ1n) is 8.54. The van der Waals surface area contributed by atoms with Crippen LogP contribution in [0.5, 0.6) is 0 Å². The summed E-state index contributed by atoms with van der Waals surface area (Å²) in [5.74, 6) is 0.326. The van der Waals surface area contributed by atoms with E-state index < -0.39 is 11.8 Å². The van der Waals surface area contributed by atoms with Gasteiger partial charge >= 0.3 is 5.91 Å². The Balaban J connectivity index is 1.61. The maximum atomic E-state index is 12.6. The molecule has 0 bridgehead atoms. The van der Waals surface area contributed by atoms with E-state index in [2.05, 4.69) is 10.9 Å². The number of carbonyl (C=O) groups is 2. The van der Waals surface area contributed by atoms with Gasteiger partial charge in [-0.3, -0.25) is 20.4 Å². The molecule has 4 rings (SSSR count). The Morgan fingerprint density at radius 3 is 2.33 bits per heavy atom. The number of fused-ring (bicyclic) bond motifs is 3. The third kappa shape index (κ3) is 2.85. The van der Waals surface area contributed by atoms with E-state index in [0.29, 0.717) is 22.7 Å². The van der Waals surface area contributed by atoms with Crippen molar-refractivity contribution in [2.24, 2.45) is 0 Å². The van der Waals surface area contributed by atoms with Crippen molar-refractivity contribution in [1.82, 2.24) is 10.9 Å². The van der Waals surface area contributed by atoms with Gasteiger partial charge in [0.2, 0.25) is 0 Å². The quantitative estimate of drug-likeness (QED) is 0.524. The van der Waals surface area contributed by atoms with Crippen LogP contribution in [-0.4, -0.2) is 11.8 Å². The van der Waals surface area contributed by atoms with Crippen LogP contribution in [0.2, 0.25) is 0 Å². The Morgan fingerprint density at radius 2 is 1.59 bits per heavy atom. The van der Waals surface area contributed by atoms with Crippen LogP contribution in [0.4, 0.5) is 0 Å². The fourth-order valence-electron chi connectivity index (χ4n) is 3.26. The van der Waals surface area contributed by atoms with Crippen LogP contribution in [0.15, 0.2) is 51.3 Å². The van der Waals surface area contributed by atoms with E-state index >= 15 is 0 Å². The van der Waals surface area contributed by atoms with Crippen molar-refractivity contribution in [3.63, 3.8) is 0 Å². The van der Waals surface area contributed by atoms with Crippen molar-refractivity contribution in [2.45, 2.75) is 20.8 Å². The molecular weight excluding hydrogens is 344 g/mol. The minimum Gasteiger partial charge on any atom is -0.466 e. The van der Waals surface area contributed by atoms with Gasteiger partial charge in [-0.2, -0.15) is 0 Å². The number of rotatable bonds is 2. The maximum absolute atomic E-state index is 12.6. The second kappa shape index (κ2) is 6.32. The van der Waals surface area contributed by atoms with Gasteiger partial charge in [-0.25, -0.2) is 0 Å². The molecule has 136 valence electrons. The average molecular weight is 362 g/mol. The first-order chi connectivity index (χ1) is 13.0. The van der Waals surface area contributed by atoms with Gasteiger partial charge in [0.05, 0.1) is 5.56 Å². The summed E-state index contributed by atoms with van der Waals surface area (Å²) in [5, 5.41) is 2.84. The van der Waals surface area contributed by atoms with Crippen LogP contribution >= 0.6 is 0 Å². The first-order valence-corrected chi connectivity index (χ1v) is 8.54. The van der Waals surface area contributed by atoms with E-state index in [-0.39, 0.29) is 5.76 Å². The van der Waals surface area contributed by atoms with E-state index in [4.69, 9.17) is 8.83 Å². The molecule has 0 radical (unpaired) electrons. The number of benzene rings is 2. The fourth-order valence-corrected chi connectivity index (χ4v) is 3.26. The lowest BCUT2D eigenvalue weighted by atomic mass is 10.1. The lowest BCUT2D eigenvalue weighted by molar-refractivity contribution is 0.0831. The van der Waals surface area contributed by atoms with Crippen LogP contribution in [0.3, 0.4) is 0 Å². The highest BCUT2D eigenvalue weighted by atomic mass is 16.4. The largest absolute Gasteiger partial charge is 0.466 e. The molecule has 0 aliphatic carbocycles. The smallest absolute Gasteiger partial charge is 0.305 e. The summed E-state index contributed by atoms with van der Waals surface area (Å²) < 4.78 is 11.2. The van der Waals surface area contributed by atoms with E-state index in [0.717, 1.165) is 21.7 Å². The fraction of sp³-hybridized carbons (Fsp3) is 0.143. The van der Waals surface area contributed by atoms with Crippen molar-refractivity contribution in [3.8, 4) is 0 Å². The molecule has 0 unspecified atom stereocenters. The molecule has 0 aliphatic rings. The molecule has 0 spiro atoms. The molecule has 27 heavy (non-hydrogen) atoms. The van der Waals surface area contributed by atoms with Crippen LogP contribution in [0.25, 0.3) is 21.7 Å². The van der Waals surface area contributed by atoms with E-state index in [1.54, 1.807) is 19.9 Å². The third-order valence-corrected chi connectivity index (χ3v) is 4.61. The van der Waals surface area contributed by atoms with Crippen molar-refractivity contribution in [2.75, 3.05) is 0 Å². The molecule has 0 saturated carbocycles. The molecule has 0 atom stereocenters. The second-order valence-corrected chi connectivity index (χ2v) is 6.45. The molecule has 2 N–H and O–H groups in total. The molecule has 6 nitrogen and oxygen atoms in total. The average Bonchev–Trinajstić information content (AvgIpc) is 3.18. The van der Waals surface area contributed by atoms with E-state index in [1.165, 1.54) is 0 Å². The number of hydrogen-bond donors (Lipinski definition) is 2. The van der Waals surface area contributed by atoms with E-state index in [9.17, 15) is 9.59 Å². The molecule has 0 fully saturated rings. The molecule has 2 heterocycles. The maximum Gasteiger partial charge on any atom is 0.305 e. The number of aryl methyl sites for hydroxylation is 3. The van der Waals surface area contributed by atoms with Gasteiger partial charge in [0.25, 0.3) is 5.91 Å². The van der Waals surface area contributed by atoms with Gasteiger partial charge in [0, 0.05) is 16.3 Å². The second-order valence-electron chi connectivity index (χ2n) is 6.45. The predicted octanol–water partition coefficient (Wildman–Crippen LogP) is 4.18. The summed E-state index contributed by atoms with van der Waals surface area (Å²) in [6.07, 6.45) is 0. The van der Waals surface area contributed by atoms with Crippen LogP contribution in [0.1, 0.15) is 38.0 Å². The number of amides is 2. The Morgan fingerprint density at radius 1 is 0.852 bits per heavy atom. The Kier molecular flexibility index (Phi) is 3.96. The van der Waals surface area contributed by atoms with Crippen LogP contribution in [-0.2, 0) is 0 Å². The third-order valence-electron chi connectivity index (χ3n) is 4.61. The number of nitrogens with one attached hydrogen (secondary N) is 2. The zero-order valence-corrected chi connectivity index (χ0v) is 15.2. The lowest BCUT2D eigenvalue weighted by Gasteiger charge is -2.05. The Labute approximate surface area is 155 Å². The zero-order chi connectivity index (χ0) is 19.1. The normalized spacial score (nSPS) is 11.1. The lowest BCUT2D eigenvalue weighted by Crippen LogP contribution is -2.41. The van der Waals surface area contributed by atoms with Gasteiger partial charge in [0.15, 0.2) is 5.76 Å². The summed E-state index contributed by atoms with van der Waals surface area (Å²) in [4.78, 5) is 24.8. The molecule has 2 amide bonds. The van der Waals surface area contributed by atoms with Gasteiger partial charge in [0.1, 0.15) is 17.1 Å². The van der Waals surface area contributed by atoms with Crippen LogP contribution < -0.4 is 10.9 Å². The Hall–Kier alpha value is -3.54. The minimum atomic E-state index is -0.515. The summed E-state index contributed by atoms with van der Waals surface area (Å²) in [6, 6.07) is 13.4. The molecule has 2 aromatic heterocycles. The van der Waals surface area contributed by atoms with Gasteiger partial charge in [-0.05, 0) is 32.2 Å². The molecule has 2 aromatic carbocycles. The molecule has 0 aliphatic heterocycles. The molecular formula is C21H18N2O4. The van der Waals surface area contributed by atoms with Crippen LogP contribution in [0, 0.1) is 20.8 Å². The highest BCUT2D eigenvalue weighted by Crippen LogP contribution is 2.31. The van der Waals surface area contributed by atoms with Crippen molar-refractivity contribution < 1.29 is 18.4 Å². The predicted molar refractivity (Wildman–Crippen MR) is 102 cm³/mol. The molecule has 6 heteroatoms. The van der Waals surface area contributed by atoms with Crippen molar-refractivity contribution in [1.29, 1.82) is 0 Å². The summed E-state index contributed by atoms with van der Waals surface area (Å²) in [7, 11) is 0. The zero-order valence-electron chi connectivity index (χ0n) is 15.2. The highest BCUT2D eigenvalue weighted by molar-refractivity contribution is 6.09. The highest BCUT2D eigenvalue weighted by Gasteiger charge is 2.20. The SMILES string of the molecule is Cc1cc(C(=O)NNC(=O)c2oc3c(ccc4ccccc43)c2C)c(C)o1. The molecule has 0 saturated heterocycles. The van der Waals surface area contributed by atoms with E-state index in [1.807, 2.05) is 43.3 Å². The monoisotopic (exact) mass is 362 g/mol. The number of carbonyl (C=O) groups excluding carboxylic acids is 2.